The molecule has 1 aliphatic heterocycles. The molecule has 4 aromatic rings. The molecule has 1 aliphatic rings. The maximum Gasteiger partial charge on any atom is 0.255 e. The Morgan fingerprint density at radius 1 is 1.03 bits per heavy atom. The lowest BCUT2D eigenvalue weighted by molar-refractivity contribution is 0.318. The lowest BCUT2D eigenvalue weighted by Gasteiger charge is -2.14. The SMILES string of the molecule is Cl.N#Cc1cc(F)ccc1-c1ccn(-c2ccc3c(cnn3CCN3CCCC3)c2)c(=O)c1. The van der Waals surface area contributed by atoms with Crippen molar-refractivity contribution in [3.8, 4) is 22.9 Å². The van der Waals surface area contributed by atoms with E-state index >= 15 is 0 Å². The van der Waals surface area contributed by atoms with Gasteiger partial charge in [-0.05, 0) is 73.5 Å². The Hall–Kier alpha value is -3.47. The van der Waals surface area contributed by atoms with Crippen LogP contribution in [0, 0.1) is 17.1 Å². The van der Waals surface area contributed by atoms with Gasteiger partial charge >= 0.3 is 0 Å². The zero-order chi connectivity index (χ0) is 22.1. The van der Waals surface area contributed by atoms with E-state index in [0.29, 0.717) is 11.1 Å². The van der Waals surface area contributed by atoms with Crippen LogP contribution in [0.5, 0.6) is 0 Å². The van der Waals surface area contributed by atoms with Crippen LogP contribution in [0.3, 0.4) is 0 Å². The molecule has 0 saturated carbocycles. The number of hydrogen-bond donors (Lipinski definition) is 0. The first-order valence-electron chi connectivity index (χ1n) is 10.7. The molecule has 0 aliphatic carbocycles. The summed E-state index contributed by atoms with van der Waals surface area (Å²) in [5, 5.41) is 14.8. The Bertz CT molecular complexity index is 1400. The van der Waals surface area contributed by atoms with Crippen LogP contribution in [0.4, 0.5) is 4.39 Å². The minimum Gasteiger partial charge on any atom is -0.301 e. The van der Waals surface area contributed by atoms with Gasteiger partial charge in [0, 0.05) is 29.9 Å². The molecule has 0 atom stereocenters. The highest BCUT2D eigenvalue weighted by atomic mass is 35.5. The molecule has 0 radical (unpaired) electrons. The fraction of sp³-hybridized carbons (Fsp3) is 0.240. The smallest absolute Gasteiger partial charge is 0.255 e. The van der Waals surface area contributed by atoms with Gasteiger partial charge in [-0.1, -0.05) is 6.07 Å². The molecule has 1 saturated heterocycles. The molecule has 5 rings (SSSR count). The Balaban J connectivity index is 0.00000259. The third kappa shape index (κ3) is 4.54. The molecule has 0 amide bonds. The van der Waals surface area contributed by atoms with E-state index in [1.165, 1.54) is 37.1 Å². The third-order valence-electron chi connectivity index (χ3n) is 6.06. The van der Waals surface area contributed by atoms with Gasteiger partial charge in [0.15, 0.2) is 0 Å². The predicted octanol–water partition coefficient (Wildman–Crippen LogP) is 4.38. The van der Waals surface area contributed by atoms with Crippen molar-refractivity contribution in [2.24, 2.45) is 0 Å². The predicted molar refractivity (Wildman–Crippen MR) is 128 cm³/mol. The van der Waals surface area contributed by atoms with Crippen molar-refractivity contribution in [1.29, 1.82) is 5.26 Å². The van der Waals surface area contributed by atoms with Gasteiger partial charge in [0.2, 0.25) is 0 Å². The molecule has 33 heavy (non-hydrogen) atoms. The van der Waals surface area contributed by atoms with E-state index in [2.05, 4.69) is 10.00 Å². The van der Waals surface area contributed by atoms with E-state index in [-0.39, 0.29) is 23.5 Å². The van der Waals surface area contributed by atoms with Crippen LogP contribution in [0.25, 0.3) is 27.7 Å². The topological polar surface area (TPSA) is 66.8 Å². The standard InChI is InChI=1S/C25H22FN5O.ClH/c26-21-3-5-23(19(13-21)16-27)18-7-10-30(25(32)15-18)22-4-6-24-20(14-22)17-28-31(24)12-11-29-8-1-2-9-29;/h3-7,10,13-15,17H,1-2,8-9,11-12H2;1H. The first-order chi connectivity index (χ1) is 15.6. The van der Waals surface area contributed by atoms with E-state index in [1.54, 1.807) is 16.8 Å². The summed E-state index contributed by atoms with van der Waals surface area (Å²) < 4.78 is 17.0. The molecule has 6 nitrogen and oxygen atoms in total. The van der Waals surface area contributed by atoms with E-state index < -0.39 is 5.82 Å². The summed E-state index contributed by atoms with van der Waals surface area (Å²) in [6.07, 6.45) is 6.06. The fourth-order valence-corrected chi connectivity index (χ4v) is 4.37. The average molecular weight is 464 g/mol. The van der Waals surface area contributed by atoms with E-state index in [1.807, 2.05) is 35.1 Å². The van der Waals surface area contributed by atoms with Crippen LogP contribution in [-0.2, 0) is 6.54 Å². The summed E-state index contributed by atoms with van der Waals surface area (Å²) >= 11 is 0. The monoisotopic (exact) mass is 463 g/mol. The molecular weight excluding hydrogens is 441 g/mol. The van der Waals surface area contributed by atoms with Gasteiger partial charge in [-0.2, -0.15) is 10.4 Å². The summed E-state index contributed by atoms with van der Waals surface area (Å²) in [5.41, 5.74) is 2.88. The first-order valence-corrected chi connectivity index (χ1v) is 10.7. The molecule has 3 heterocycles. The highest BCUT2D eigenvalue weighted by Crippen LogP contribution is 2.24. The van der Waals surface area contributed by atoms with Gasteiger partial charge in [-0.15, -0.1) is 12.4 Å². The number of halogens is 2. The summed E-state index contributed by atoms with van der Waals surface area (Å²) in [5.74, 6) is -0.479. The zero-order valence-electron chi connectivity index (χ0n) is 17.9. The number of aromatic nitrogens is 3. The maximum absolute atomic E-state index is 13.4. The van der Waals surface area contributed by atoms with E-state index in [4.69, 9.17) is 0 Å². The van der Waals surface area contributed by atoms with Crippen molar-refractivity contribution in [2.75, 3.05) is 19.6 Å². The van der Waals surface area contributed by atoms with Crippen LogP contribution in [0.2, 0.25) is 0 Å². The number of pyridine rings is 1. The minimum atomic E-state index is -0.479. The summed E-state index contributed by atoms with van der Waals surface area (Å²) in [6, 6.07) is 15.1. The third-order valence-corrected chi connectivity index (χ3v) is 6.06. The Morgan fingerprint density at radius 3 is 2.61 bits per heavy atom. The highest BCUT2D eigenvalue weighted by Gasteiger charge is 2.13. The number of rotatable bonds is 5. The fourth-order valence-electron chi connectivity index (χ4n) is 4.37. The molecule has 1 fully saturated rings. The summed E-state index contributed by atoms with van der Waals surface area (Å²) in [6.45, 7) is 4.16. The normalized spacial score (nSPS) is 13.7. The highest BCUT2D eigenvalue weighted by molar-refractivity contribution is 5.85. The molecular formula is C25H23ClFN5O. The quantitative estimate of drug-likeness (QED) is 0.440. The number of nitrogens with zero attached hydrogens (tertiary/aromatic N) is 5. The molecule has 2 aromatic carbocycles. The van der Waals surface area contributed by atoms with Gasteiger partial charge in [0.1, 0.15) is 5.82 Å². The number of hydrogen-bond acceptors (Lipinski definition) is 4. The number of fused-ring (bicyclic) bond motifs is 1. The van der Waals surface area contributed by atoms with Gasteiger partial charge in [0.25, 0.3) is 5.56 Å². The van der Waals surface area contributed by atoms with E-state index in [9.17, 15) is 14.4 Å². The Labute approximate surface area is 196 Å². The molecule has 168 valence electrons. The van der Waals surface area contributed by atoms with Crippen molar-refractivity contribution in [1.82, 2.24) is 19.2 Å². The van der Waals surface area contributed by atoms with Gasteiger partial charge < -0.3 is 4.90 Å². The zero-order valence-corrected chi connectivity index (χ0v) is 18.8. The number of nitriles is 1. The Kier molecular flexibility index (Phi) is 6.59. The number of likely N-dealkylation sites (tertiary alicyclic amines) is 1. The van der Waals surface area contributed by atoms with E-state index in [0.717, 1.165) is 42.8 Å². The molecule has 8 heteroatoms. The van der Waals surface area contributed by atoms with Crippen molar-refractivity contribution in [2.45, 2.75) is 19.4 Å². The minimum absolute atomic E-state index is 0. The van der Waals surface area contributed by atoms with Crippen molar-refractivity contribution < 1.29 is 4.39 Å². The van der Waals surface area contributed by atoms with Gasteiger partial charge in [-0.25, -0.2) is 4.39 Å². The molecule has 0 bridgehead atoms. The lowest BCUT2D eigenvalue weighted by atomic mass is 10.0. The maximum atomic E-state index is 13.4. The van der Waals surface area contributed by atoms with Crippen molar-refractivity contribution >= 4 is 23.3 Å². The second-order valence-electron chi connectivity index (χ2n) is 8.08. The summed E-state index contributed by atoms with van der Waals surface area (Å²) in [7, 11) is 0. The largest absolute Gasteiger partial charge is 0.301 e. The molecule has 0 spiro atoms. The van der Waals surface area contributed by atoms with Crippen molar-refractivity contribution in [3.63, 3.8) is 0 Å². The second kappa shape index (κ2) is 9.57. The van der Waals surface area contributed by atoms with Crippen LogP contribution < -0.4 is 5.56 Å². The average Bonchev–Trinajstić information content (AvgIpc) is 3.47. The summed E-state index contributed by atoms with van der Waals surface area (Å²) in [4.78, 5) is 15.3. The Morgan fingerprint density at radius 2 is 1.85 bits per heavy atom. The first kappa shape index (κ1) is 22.7. The second-order valence-corrected chi connectivity index (χ2v) is 8.08. The van der Waals surface area contributed by atoms with Crippen molar-refractivity contribution in [3.05, 3.63) is 82.7 Å². The lowest BCUT2D eigenvalue weighted by Crippen LogP contribution is -2.24. The van der Waals surface area contributed by atoms with Gasteiger partial charge in [0.05, 0.1) is 29.9 Å². The van der Waals surface area contributed by atoms with Gasteiger partial charge in [-0.3, -0.25) is 14.0 Å². The number of benzene rings is 2. The van der Waals surface area contributed by atoms with Crippen LogP contribution in [0.1, 0.15) is 18.4 Å². The molecule has 0 unspecified atom stereocenters. The van der Waals surface area contributed by atoms with Crippen LogP contribution >= 0.6 is 12.4 Å². The molecule has 2 aromatic heterocycles. The van der Waals surface area contributed by atoms with Crippen LogP contribution in [-0.4, -0.2) is 38.9 Å². The molecule has 0 N–H and O–H groups in total. The van der Waals surface area contributed by atoms with Crippen LogP contribution in [0.15, 0.2) is 65.7 Å².